The van der Waals surface area contributed by atoms with Gasteiger partial charge in [-0.1, -0.05) is 0 Å². The van der Waals surface area contributed by atoms with Crippen LogP contribution in [0.2, 0.25) is 0 Å². The van der Waals surface area contributed by atoms with E-state index in [9.17, 15) is 0 Å². The van der Waals surface area contributed by atoms with Crippen LogP contribution in [-0.4, -0.2) is 26.9 Å². The summed E-state index contributed by atoms with van der Waals surface area (Å²) in [5, 5.41) is 8.94. The molecular weight excluding hydrogens is 180 g/mol. The van der Waals surface area contributed by atoms with Crippen molar-refractivity contribution in [2.75, 3.05) is 6.61 Å². The van der Waals surface area contributed by atoms with Gasteiger partial charge < -0.3 is 14.4 Å². The highest BCUT2D eigenvalue weighted by Gasteiger charge is 2.09. The van der Waals surface area contributed by atoms with Crippen LogP contribution in [0.1, 0.15) is 26.6 Å². The van der Waals surface area contributed by atoms with Gasteiger partial charge in [0.15, 0.2) is 0 Å². The predicted octanol–water partition coefficient (Wildman–Crippen LogP) is 1.19. The minimum absolute atomic E-state index is 0.0253. The van der Waals surface area contributed by atoms with Crippen LogP contribution in [0.25, 0.3) is 0 Å². The third kappa shape index (κ3) is 3.47. The molecule has 0 amide bonds. The first-order valence-corrected chi connectivity index (χ1v) is 4.78. The van der Waals surface area contributed by atoms with E-state index in [0.717, 1.165) is 6.54 Å². The first-order chi connectivity index (χ1) is 6.53. The van der Waals surface area contributed by atoms with Gasteiger partial charge in [-0.05, 0) is 20.8 Å². The molecule has 0 saturated heterocycles. The normalized spacial score (nSPS) is 12.0. The Morgan fingerprint density at radius 3 is 2.79 bits per heavy atom. The molecule has 4 heteroatoms. The number of imidazole rings is 1. The Bertz CT molecular complexity index is 276. The van der Waals surface area contributed by atoms with Gasteiger partial charge in [-0.2, -0.15) is 0 Å². The number of hydrogen-bond acceptors (Lipinski definition) is 3. The van der Waals surface area contributed by atoms with Gasteiger partial charge in [0.05, 0.1) is 12.2 Å². The maximum absolute atomic E-state index is 8.94. The quantitative estimate of drug-likeness (QED) is 0.790. The third-order valence-corrected chi connectivity index (χ3v) is 1.81. The molecule has 14 heavy (non-hydrogen) atoms. The fourth-order valence-electron chi connectivity index (χ4n) is 1.15. The van der Waals surface area contributed by atoms with Crippen LogP contribution in [0.4, 0.5) is 0 Å². The van der Waals surface area contributed by atoms with E-state index in [1.165, 1.54) is 0 Å². The molecule has 1 heterocycles. The summed E-state index contributed by atoms with van der Waals surface area (Å²) < 4.78 is 7.47. The van der Waals surface area contributed by atoms with Gasteiger partial charge in [-0.3, -0.25) is 0 Å². The number of nitrogens with zero attached hydrogens (tertiary/aromatic N) is 2. The summed E-state index contributed by atoms with van der Waals surface area (Å²) in [6.07, 6.45) is 3.53. The average Bonchev–Trinajstić information content (AvgIpc) is 2.49. The highest BCUT2D eigenvalue weighted by molar-refractivity contribution is 4.89. The molecule has 0 atom stereocenters. The predicted molar refractivity (Wildman–Crippen MR) is 53.9 cm³/mol. The van der Waals surface area contributed by atoms with Crippen molar-refractivity contribution in [3.63, 3.8) is 0 Å². The lowest BCUT2D eigenvalue weighted by Gasteiger charge is -2.19. The molecule has 0 aliphatic heterocycles. The van der Waals surface area contributed by atoms with Crippen LogP contribution in [0, 0.1) is 0 Å². The SMILES string of the molecule is CC(C)(C)OCCn1ccnc1CO. The summed E-state index contributed by atoms with van der Waals surface area (Å²) in [4.78, 5) is 4.01. The van der Waals surface area contributed by atoms with Crippen molar-refractivity contribution in [2.24, 2.45) is 0 Å². The second-order valence-electron chi connectivity index (χ2n) is 4.16. The number of ether oxygens (including phenoxy) is 1. The number of aliphatic hydroxyl groups excluding tert-OH is 1. The lowest BCUT2D eigenvalue weighted by atomic mass is 10.2. The third-order valence-electron chi connectivity index (χ3n) is 1.81. The zero-order chi connectivity index (χ0) is 10.6. The summed E-state index contributed by atoms with van der Waals surface area (Å²) in [7, 11) is 0. The second-order valence-corrected chi connectivity index (χ2v) is 4.16. The van der Waals surface area contributed by atoms with E-state index in [-0.39, 0.29) is 12.2 Å². The van der Waals surface area contributed by atoms with E-state index in [0.29, 0.717) is 12.4 Å². The smallest absolute Gasteiger partial charge is 0.134 e. The maximum atomic E-state index is 8.94. The summed E-state index contributed by atoms with van der Waals surface area (Å²) in [6, 6.07) is 0. The van der Waals surface area contributed by atoms with E-state index >= 15 is 0 Å². The highest BCUT2D eigenvalue weighted by Crippen LogP contribution is 2.07. The topological polar surface area (TPSA) is 47.3 Å². The Kier molecular flexibility index (Phi) is 3.66. The molecule has 1 rings (SSSR count). The van der Waals surface area contributed by atoms with Gasteiger partial charge in [-0.15, -0.1) is 0 Å². The maximum Gasteiger partial charge on any atom is 0.134 e. The molecule has 1 aromatic rings. The molecule has 80 valence electrons. The van der Waals surface area contributed by atoms with Gasteiger partial charge >= 0.3 is 0 Å². The van der Waals surface area contributed by atoms with Crippen molar-refractivity contribution in [1.82, 2.24) is 9.55 Å². The Morgan fingerprint density at radius 1 is 1.50 bits per heavy atom. The lowest BCUT2D eigenvalue weighted by molar-refractivity contribution is -0.00730. The van der Waals surface area contributed by atoms with Crippen molar-refractivity contribution < 1.29 is 9.84 Å². The van der Waals surface area contributed by atoms with Gasteiger partial charge in [0.2, 0.25) is 0 Å². The van der Waals surface area contributed by atoms with Crippen molar-refractivity contribution >= 4 is 0 Å². The number of rotatable bonds is 4. The van der Waals surface area contributed by atoms with E-state index in [4.69, 9.17) is 9.84 Å². The summed E-state index contributed by atoms with van der Waals surface area (Å²) >= 11 is 0. The molecule has 0 radical (unpaired) electrons. The Morgan fingerprint density at radius 2 is 2.21 bits per heavy atom. The van der Waals surface area contributed by atoms with E-state index in [2.05, 4.69) is 4.98 Å². The van der Waals surface area contributed by atoms with Gasteiger partial charge in [0.25, 0.3) is 0 Å². The van der Waals surface area contributed by atoms with Crippen molar-refractivity contribution in [3.05, 3.63) is 18.2 Å². The van der Waals surface area contributed by atoms with Crippen LogP contribution in [0.15, 0.2) is 12.4 Å². The molecule has 0 unspecified atom stereocenters. The Balaban J connectivity index is 2.38. The van der Waals surface area contributed by atoms with Gasteiger partial charge in [-0.25, -0.2) is 4.98 Å². The Labute approximate surface area is 84.5 Å². The standard InChI is InChI=1S/C10H18N2O2/c1-10(2,3)14-7-6-12-5-4-11-9(12)8-13/h4-5,13H,6-8H2,1-3H3. The molecular formula is C10H18N2O2. The fourth-order valence-corrected chi connectivity index (χ4v) is 1.15. The molecule has 0 aliphatic rings. The molecule has 4 nitrogen and oxygen atoms in total. The Hall–Kier alpha value is -0.870. The lowest BCUT2D eigenvalue weighted by Crippen LogP contribution is -2.22. The first kappa shape index (κ1) is 11.2. The molecule has 0 bridgehead atoms. The summed E-state index contributed by atoms with van der Waals surface area (Å²) in [5.41, 5.74) is -0.111. The molecule has 0 aromatic carbocycles. The zero-order valence-corrected chi connectivity index (χ0v) is 9.03. The van der Waals surface area contributed by atoms with Crippen LogP contribution < -0.4 is 0 Å². The van der Waals surface area contributed by atoms with Crippen LogP contribution in [-0.2, 0) is 17.9 Å². The molecule has 0 saturated carbocycles. The molecule has 1 N–H and O–H groups in total. The number of aliphatic hydroxyl groups is 1. The molecule has 0 aliphatic carbocycles. The largest absolute Gasteiger partial charge is 0.388 e. The molecule has 0 fully saturated rings. The monoisotopic (exact) mass is 198 g/mol. The van der Waals surface area contributed by atoms with Gasteiger partial charge in [0, 0.05) is 18.9 Å². The fraction of sp³-hybridized carbons (Fsp3) is 0.700. The van der Waals surface area contributed by atoms with Gasteiger partial charge in [0.1, 0.15) is 12.4 Å². The van der Waals surface area contributed by atoms with E-state index < -0.39 is 0 Å². The number of aromatic nitrogens is 2. The van der Waals surface area contributed by atoms with Crippen LogP contribution in [0.3, 0.4) is 0 Å². The molecule has 1 aromatic heterocycles. The van der Waals surface area contributed by atoms with Crippen molar-refractivity contribution in [2.45, 2.75) is 39.5 Å². The minimum Gasteiger partial charge on any atom is -0.388 e. The minimum atomic E-state index is -0.111. The van der Waals surface area contributed by atoms with Crippen molar-refractivity contribution in [3.8, 4) is 0 Å². The average molecular weight is 198 g/mol. The van der Waals surface area contributed by atoms with Crippen LogP contribution in [0.5, 0.6) is 0 Å². The van der Waals surface area contributed by atoms with Crippen LogP contribution >= 0.6 is 0 Å². The first-order valence-electron chi connectivity index (χ1n) is 4.78. The second kappa shape index (κ2) is 4.57. The number of hydrogen-bond donors (Lipinski definition) is 1. The summed E-state index contributed by atoms with van der Waals surface area (Å²) in [6.45, 7) is 7.40. The highest BCUT2D eigenvalue weighted by atomic mass is 16.5. The van der Waals surface area contributed by atoms with E-state index in [1.54, 1.807) is 6.20 Å². The molecule has 0 spiro atoms. The summed E-state index contributed by atoms with van der Waals surface area (Å²) in [5.74, 6) is 0.683. The van der Waals surface area contributed by atoms with E-state index in [1.807, 2.05) is 31.5 Å². The zero-order valence-electron chi connectivity index (χ0n) is 9.03. The van der Waals surface area contributed by atoms with Crippen molar-refractivity contribution in [1.29, 1.82) is 0 Å².